The highest BCUT2D eigenvalue weighted by Gasteiger charge is 2.36. The van der Waals surface area contributed by atoms with Crippen LogP contribution < -0.4 is 41.9 Å². The zero-order valence-corrected chi connectivity index (χ0v) is 28.2. The standard InChI is InChI=1S/C20H23N3O2.C18H19N3O2.CH4/c1-5-22-17(24)7-12(3)15-8-16-11(2)6-13(4)23-14(9-21)10-25-20(18(15)22)19(16)23;1-10-6-15(22)20(3)17-14(10)7-12-5-4-11(2)21-13(8-19)9-23-18(17)16(12)21;/h6-8,14H,4-5,9-10,21H2,1-3H3;4-7,13H,2,8-9,19H2,1,3H3;1H4. The van der Waals surface area contributed by atoms with Crippen molar-refractivity contribution in [2.75, 3.05) is 36.1 Å². The van der Waals surface area contributed by atoms with E-state index >= 15 is 0 Å². The minimum atomic E-state index is -0.0347. The van der Waals surface area contributed by atoms with E-state index in [2.05, 4.69) is 48.1 Å². The first-order valence-corrected chi connectivity index (χ1v) is 16.4. The molecule has 0 bridgehead atoms. The van der Waals surface area contributed by atoms with E-state index in [1.165, 1.54) is 0 Å². The van der Waals surface area contributed by atoms with Crippen molar-refractivity contribution in [1.29, 1.82) is 0 Å². The maximum Gasteiger partial charge on any atom is 0.251 e. The molecule has 0 saturated heterocycles. The average molecular weight is 663 g/mol. The molecule has 0 aliphatic carbocycles. The summed E-state index contributed by atoms with van der Waals surface area (Å²) in [7, 11) is 1.78. The van der Waals surface area contributed by atoms with E-state index in [0.29, 0.717) is 32.8 Å². The summed E-state index contributed by atoms with van der Waals surface area (Å²) >= 11 is 0. The number of aromatic nitrogens is 2. The molecule has 10 heteroatoms. The van der Waals surface area contributed by atoms with Gasteiger partial charge in [-0.1, -0.05) is 26.7 Å². The predicted molar refractivity (Wildman–Crippen MR) is 202 cm³/mol. The van der Waals surface area contributed by atoms with Crippen molar-refractivity contribution in [3.05, 3.63) is 104 Å². The molecule has 0 amide bonds. The number of aryl methyl sites for hydroxylation is 4. The minimum Gasteiger partial charge on any atom is -0.487 e. The summed E-state index contributed by atoms with van der Waals surface area (Å²) in [6, 6.07) is 7.75. The van der Waals surface area contributed by atoms with Crippen molar-refractivity contribution >= 4 is 44.8 Å². The third-order valence-electron chi connectivity index (χ3n) is 10.0. The van der Waals surface area contributed by atoms with Gasteiger partial charge in [-0.3, -0.25) is 9.59 Å². The number of pyridine rings is 2. The number of nitrogens with two attached hydrogens (primary N) is 2. The zero-order chi connectivity index (χ0) is 34.2. The van der Waals surface area contributed by atoms with Crippen molar-refractivity contribution in [2.24, 2.45) is 18.5 Å². The number of rotatable bonds is 3. The van der Waals surface area contributed by atoms with Gasteiger partial charge in [0.2, 0.25) is 0 Å². The number of nitrogens with zero attached hydrogens (tertiary/aromatic N) is 4. The van der Waals surface area contributed by atoms with Gasteiger partial charge in [-0.25, -0.2) is 0 Å². The zero-order valence-electron chi connectivity index (χ0n) is 28.2. The van der Waals surface area contributed by atoms with E-state index in [4.69, 9.17) is 20.9 Å². The highest BCUT2D eigenvalue weighted by atomic mass is 16.5. The monoisotopic (exact) mass is 662 g/mol. The molecule has 256 valence electrons. The quantitative estimate of drug-likeness (QED) is 0.302. The lowest BCUT2D eigenvalue weighted by molar-refractivity contribution is 0.272. The van der Waals surface area contributed by atoms with Crippen molar-refractivity contribution in [1.82, 2.24) is 9.13 Å². The van der Waals surface area contributed by atoms with Crippen molar-refractivity contribution in [3.8, 4) is 11.5 Å². The molecule has 0 fully saturated rings. The Bertz CT molecular complexity index is 2260. The fraction of sp³-hybridized carbons (Fsp3) is 0.333. The normalized spacial score (nSPS) is 18.6. The number of fused-ring (bicyclic) bond motifs is 4. The van der Waals surface area contributed by atoms with Gasteiger partial charge in [-0.05, 0) is 68.7 Å². The van der Waals surface area contributed by atoms with Crippen LogP contribution in [0.4, 0.5) is 11.4 Å². The van der Waals surface area contributed by atoms with Gasteiger partial charge in [-0.2, -0.15) is 0 Å². The van der Waals surface area contributed by atoms with E-state index < -0.39 is 0 Å². The summed E-state index contributed by atoms with van der Waals surface area (Å²) in [5.74, 6) is 1.52. The minimum absolute atomic E-state index is 0. The van der Waals surface area contributed by atoms with Gasteiger partial charge in [0.05, 0.1) is 34.5 Å². The molecule has 4 aromatic rings. The Morgan fingerprint density at radius 1 is 0.796 bits per heavy atom. The number of hydrogen-bond acceptors (Lipinski definition) is 8. The molecule has 0 spiro atoms. The van der Waals surface area contributed by atoms with Crippen LogP contribution in [0.15, 0.2) is 70.6 Å². The van der Waals surface area contributed by atoms with Crippen LogP contribution in [0.5, 0.6) is 11.5 Å². The Morgan fingerprint density at radius 2 is 1.37 bits per heavy atom. The first-order valence-electron chi connectivity index (χ1n) is 16.4. The van der Waals surface area contributed by atoms with Gasteiger partial charge in [-0.15, -0.1) is 0 Å². The summed E-state index contributed by atoms with van der Waals surface area (Å²) in [5.41, 5.74) is 22.6. The molecule has 0 saturated carbocycles. The molecule has 4 aliphatic rings. The largest absolute Gasteiger partial charge is 0.487 e. The Hall–Kier alpha value is -5.06. The highest BCUT2D eigenvalue weighted by Crippen LogP contribution is 2.50. The molecule has 2 atom stereocenters. The predicted octanol–water partition coefficient (Wildman–Crippen LogP) is 5.34. The molecule has 2 aromatic heterocycles. The Kier molecular flexibility index (Phi) is 8.58. The number of hydrogen-bond donors (Lipinski definition) is 2. The smallest absolute Gasteiger partial charge is 0.251 e. The van der Waals surface area contributed by atoms with Crippen LogP contribution in [-0.4, -0.2) is 47.5 Å². The lowest BCUT2D eigenvalue weighted by Crippen LogP contribution is -2.48. The molecular weight excluding hydrogens is 616 g/mol. The van der Waals surface area contributed by atoms with Gasteiger partial charge in [0, 0.05) is 72.1 Å². The summed E-state index contributed by atoms with van der Waals surface area (Å²) in [5, 5.41) is 2.09. The van der Waals surface area contributed by atoms with Gasteiger partial charge in [0.25, 0.3) is 11.1 Å². The fourth-order valence-electron chi connectivity index (χ4n) is 7.56. The molecule has 8 rings (SSSR count). The van der Waals surface area contributed by atoms with Crippen LogP contribution in [0.2, 0.25) is 0 Å². The van der Waals surface area contributed by atoms with Crippen LogP contribution in [0.3, 0.4) is 0 Å². The molecule has 10 nitrogen and oxygen atoms in total. The van der Waals surface area contributed by atoms with Crippen molar-refractivity contribution in [3.63, 3.8) is 0 Å². The lowest BCUT2D eigenvalue weighted by Gasteiger charge is -2.42. The number of anilines is 2. The topological polar surface area (TPSA) is 121 Å². The lowest BCUT2D eigenvalue weighted by atomic mass is 9.92. The molecule has 6 heterocycles. The molecular formula is C39H46N6O4. The van der Waals surface area contributed by atoms with E-state index in [9.17, 15) is 9.59 Å². The summed E-state index contributed by atoms with van der Waals surface area (Å²) in [6.45, 7) is 18.9. The van der Waals surface area contributed by atoms with Crippen LogP contribution in [0.1, 0.15) is 43.5 Å². The molecule has 0 radical (unpaired) electrons. The Morgan fingerprint density at radius 3 is 1.98 bits per heavy atom. The number of benzene rings is 2. The fourth-order valence-corrected chi connectivity index (χ4v) is 7.56. The first-order chi connectivity index (χ1) is 23.0. The van der Waals surface area contributed by atoms with E-state index in [0.717, 1.165) is 83.9 Å². The van der Waals surface area contributed by atoms with Crippen LogP contribution in [0, 0.1) is 13.8 Å². The maximum absolute atomic E-state index is 12.5. The van der Waals surface area contributed by atoms with Crippen LogP contribution in [0.25, 0.3) is 33.5 Å². The third-order valence-corrected chi connectivity index (χ3v) is 10.0. The highest BCUT2D eigenvalue weighted by molar-refractivity contribution is 6.02. The van der Waals surface area contributed by atoms with Crippen LogP contribution in [-0.2, 0) is 13.6 Å². The van der Waals surface area contributed by atoms with Crippen molar-refractivity contribution in [2.45, 2.75) is 53.8 Å². The van der Waals surface area contributed by atoms with E-state index in [1.807, 2.05) is 32.9 Å². The second kappa shape index (κ2) is 12.4. The second-order valence-corrected chi connectivity index (χ2v) is 13.0. The first kappa shape index (κ1) is 33.8. The third kappa shape index (κ3) is 5.00. The summed E-state index contributed by atoms with van der Waals surface area (Å²) in [4.78, 5) is 29.0. The molecule has 4 aliphatic heterocycles. The molecule has 49 heavy (non-hydrogen) atoms. The summed E-state index contributed by atoms with van der Waals surface area (Å²) < 4.78 is 15.7. The SMILES string of the molecule is C.C=C1C=C(C)c2cc3c(C)cc(=O)n(CC)c3c3c2N1C(CN)CO3.C=C1C=Cc2cc3c(C)cc(=O)n(C)c3c3c2N1C(CN)CO3. The average Bonchev–Trinajstić information content (AvgIpc) is 3.07. The van der Waals surface area contributed by atoms with Gasteiger partial charge >= 0.3 is 0 Å². The van der Waals surface area contributed by atoms with Crippen molar-refractivity contribution < 1.29 is 9.47 Å². The maximum atomic E-state index is 12.5. The Labute approximate surface area is 286 Å². The molecule has 2 aromatic carbocycles. The molecule has 4 N–H and O–H groups in total. The van der Waals surface area contributed by atoms with Crippen LogP contribution >= 0.6 is 0 Å². The molecule has 2 unspecified atom stereocenters. The number of allylic oxidation sites excluding steroid dienone is 3. The van der Waals surface area contributed by atoms with E-state index in [1.54, 1.807) is 28.3 Å². The second-order valence-electron chi connectivity index (χ2n) is 13.0. The summed E-state index contributed by atoms with van der Waals surface area (Å²) in [6.07, 6.45) is 6.14. The number of ether oxygens (including phenoxy) is 2. The van der Waals surface area contributed by atoms with Gasteiger partial charge < -0.3 is 39.9 Å². The van der Waals surface area contributed by atoms with Gasteiger partial charge in [0.1, 0.15) is 13.2 Å². The Balaban J connectivity index is 0.000000167. The van der Waals surface area contributed by atoms with E-state index in [-0.39, 0.29) is 30.6 Å². The van der Waals surface area contributed by atoms with Gasteiger partial charge in [0.15, 0.2) is 11.5 Å².